The number of benzene rings is 1. The van der Waals surface area contributed by atoms with Crippen molar-refractivity contribution in [2.45, 2.75) is 17.3 Å². The zero-order valence-electron chi connectivity index (χ0n) is 14.2. The number of nitrogens with zero attached hydrogens (tertiary/aromatic N) is 4. The Morgan fingerprint density at radius 3 is 2.85 bits per heavy atom. The van der Waals surface area contributed by atoms with Crippen molar-refractivity contribution >= 4 is 23.3 Å². The Hall–Kier alpha value is -3.18. The maximum Gasteiger partial charge on any atom is 0.228 e. The molecule has 26 heavy (non-hydrogen) atoms. The Kier molecular flexibility index (Phi) is 3.74. The molecule has 0 radical (unpaired) electrons. The summed E-state index contributed by atoms with van der Waals surface area (Å²) in [5.41, 5.74) is 15.3. The van der Waals surface area contributed by atoms with Crippen molar-refractivity contribution in [3.05, 3.63) is 52.8 Å². The van der Waals surface area contributed by atoms with Gasteiger partial charge in [0.25, 0.3) is 0 Å². The first-order valence-corrected chi connectivity index (χ1v) is 8.79. The van der Waals surface area contributed by atoms with Crippen LogP contribution in [0.3, 0.4) is 0 Å². The third kappa shape index (κ3) is 2.36. The maximum absolute atomic E-state index is 9.41. The average molecular weight is 364 g/mol. The number of anilines is 2. The van der Waals surface area contributed by atoms with E-state index in [-0.39, 0.29) is 16.6 Å². The molecule has 1 aliphatic rings. The van der Waals surface area contributed by atoms with E-state index in [9.17, 15) is 5.26 Å². The summed E-state index contributed by atoms with van der Waals surface area (Å²) in [4.78, 5) is 8.70. The van der Waals surface area contributed by atoms with Crippen molar-refractivity contribution in [2.75, 3.05) is 11.5 Å². The fraction of sp³-hybridized carbons (Fsp3) is 0.167. The lowest BCUT2D eigenvalue weighted by Crippen LogP contribution is -2.15. The van der Waals surface area contributed by atoms with Gasteiger partial charge in [-0.15, -0.1) is 0 Å². The summed E-state index contributed by atoms with van der Waals surface area (Å²) in [6, 6.07) is 7.98. The highest BCUT2D eigenvalue weighted by molar-refractivity contribution is 7.99. The molecule has 1 unspecified atom stereocenters. The normalized spacial score (nSPS) is 14.9. The molecule has 4 rings (SSSR count). The summed E-state index contributed by atoms with van der Waals surface area (Å²) in [7, 11) is 1.93. The van der Waals surface area contributed by atoms with Crippen LogP contribution in [0.4, 0.5) is 11.5 Å². The lowest BCUT2D eigenvalue weighted by molar-refractivity contribution is 0.437. The second-order valence-corrected chi connectivity index (χ2v) is 7.10. The summed E-state index contributed by atoms with van der Waals surface area (Å²) in [5.74, 6) is 1.15. The van der Waals surface area contributed by atoms with E-state index in [2.05, 4.69) is 9.97 Å². The van der Waals surface area contributed by atoms with Crippen LogP contribution in [0, 0.1) is 18.3 Å². The fourth-order valence-corrected chi connectivity index (χ4v) is 4.25. The van der Waals surface area contributed by atoms with E-state index in [1.165, 1.54) is 11.8 Å². The van der Waals surface area contributed by atoms with E-state index in [1.54, 1.807) is 6.20 Å². The number of nitrogen functional groups attached to an aromatic ring is 2. The summed E-state index contributed by atoms with van der Waals surface area (Å²) < 4.78 is 7.96. The molecule has 8 heteroatoms. The van der Waals surface area contributed by atoms with Crippen LogP contribution in [0.5, 0.6) is 11.6 Å². The lowest BCUT2D eigenvalue weighted by atomic mass is 9.96. The number of nitrogens with two attached hydrogens (primary N) is 2. The van der Waals surface area contributed by atoms with Gasteiger partial charge in [0.15, 0.2) is 5.16 Å². The first kappa shape index (κ1) is 16.3. The Morgan fingerprint density at radius 2 is 2.15 bits per heavy atom. The van der Waals surface area contributed by atoms with Crippen LogP contribution in [-0.2, 0) is 7.05 Å². The third-order valence-electron chi connectivity index (χ3n) is 4.37. The van der Waals surface area contributed by atoms with Crippen molar-refractivity contribution in [1.29, 1.82) is 5.26 Å². The van der Waals surface area contributed by atoms with Gasteiger partial charge in [-0.2, -0.15) is 10.2 Å². The molecular formula is C18H16N6OS. The Balaban J connectivity index is 1.97. The molecule has 1 aromatic carbocycles. The van der Waals surface area contributed by atoms with E-state index < -0.39 is 0 Å². The molecule has 2 aromatic heterocycles. The molecule has 4 N–H and O–H groups in total. The van der Waals surface area contributed by atoms with Crippen molar-refractivity contribution in [3.8, 4) is 17.7 Å². The summed E-state index contributed by atoms with van der Waals surface area (Å²) in [5, 5.41) is 10.0. The monoisotopic (exact) mass is 364 g/mol. The highest BCUT2D eigenvalue weighted by atomic mass is 32.2. The van der Waals surface area contributed by atoms with Gasteiger partial charge in [0.05, 0.1) is 16.5 Å². The number of hydrogen-bond acceptors (Lipinski definition) is 7. The van der Waals surface area contributed by atoms with Gasteiger partial charge in [-0.3, -0.25) is 0 Å². The summed E-state index contributed by atoms with van der Waals surface area (Å²) >= 11 is 1.53. The number of para-hydroxylation sites is 1. The molecule has 130 valence electrons. The molecule has 0 aliphatic carbocycles. The number of ether oxygens (including phenoxy) is 1. The Labute approximate surface area is 154 Å². The molecule has 0 saturated carbocycles. The molecule has 0 fully saturated rings. The number of aryl methyl sites for hydroxylation is 2. The van der Waals surface area contributed by atoms with E-state index in [4.69, 9.17) is 16.2 Å². The Bertz CT molecular complexity index is 1070. The largest absolute Gasteiger partial charge is 0.438 e. The number of rotatable bonds is 2. The van der Waals surface area contributed by atoms with Crippen LogP contribution in [-0.4, -0.2) is 14.5 Å². The zero-order valence-corrected chi connectivity index (χ0v) is 15.0. The molecule has 0 amide bonds. The van der Waals surface area contributed by atoms with Crippen LogP contribution in [0.2, 0.25) is 0 Å². The number of pyridine rings is 1. The molecule has 0 bridgehead atoms. The number of aromatic nitrogens is 3. The molecule has 7 nitrogen and oxygen atoms in total. The summed E-state index contributed by atoms with van der Waals surface area (Å²) in [6.45, 7) is 1.97. The highest BCUT2D eigenvalue weighted by Crippen LogP contribution is 2.54. The van der Waals surface area contributed by atoms with E-state index in [1.807, 2.05) is 49.0 Å². The maximum atomic E-state index is 9.41. The molecule has 3 aromatic rings. The van der Waals surface area contributed by atoms with E-state index >= 15 is 0 Å². The SMILES string of the molecule is Cc1cccc2c1Oc1nc(N)c(C#N)c(N)c1C2Sc1nccn1C. The summed E-state index contributed by atoms with van der Waals surface area (Å²) in [6.07, 6.45) is 3.62. The van der Waals surface area contributed by atoms with Gasteiger partial charge in [0.1, 0.15) is 23.2 Å². The van der Waals surface area contributed by atoms with Crippen molar-refractivity contribution in [2.24, 2.45) is 7.05 Å². The minimum absolute atomic E-state index is 0.0709. The van der Waals surface area contributed by atoms with Gasteiger partial charge in [-0.25, -0.2) is 4.98 Å². The smallest absolute Gasteiger partial charge is 0.228 e. The van der Waals surface area contributed by atoms with Crippen molar-refractivity contribution in [3.63, 3.8) is 0 Å². The van der Waals surface area contributed by atoms with Crippen LogP contribution in [0.25, 0.3) is 0 Å². The lowest BCUT2D eigenvalue weighted by Gasteiger charge is -2.29. The van der Waals surface area contributed by atoms with Crippen molar-refractivity contribution < 1.29 is 4.74 Å². The van der Waals surface area contributed by atoms with Crippen LogP contribution in [0.1, 0.15) is 27.5 Å². The van der Waals surface area contributed by atoms with Gasteiger partial charge in [-0.05, 0) is 12.5 Å². The average Bonchev–Trinajstić information content (AvgIpc) is 3.00. The number of nitriles is 1. The molecule has 0 saturated heterocycles. The standard InChI is InChI=1S/C18H16N6OS/c1-9-4-3-5-10-14(9)25-17-12(13(20)11(8-19)16(21)23-17)15(10)26-18-22-6-7-24(18)2/h3-7,15H,1-2H3,(H4,20,21,23). The number of fused-ring (bicyclic) bond motifs is 2. The first-order valence-electron chi connectivity index (χ1n) is 7.91. The second-order valence-electron chi connectivity index (χ2n) is 6.03. The number of imidazole rings is 1. The van der Waals surface area contributed by atoms with Gasteiger partial charge in [0, 0.05) is 25.0 Å². The number of hydrogen-bond donors (Lipinski definition) is 2. The number of thioether (sulfide) groups is 1. The van der Waals surface area contributed by atoms with Gasteiger partial charge in [-0.1, -0.05) is 30.0 Å². The molecule has 3 heterocycles. The van der Waals surface area contributed by atoms with Crippen molar-refractivity contribution in [1.82, 2.24) is 14.5 Å². The quantitative estimate of drug-likeness (QED) is 0.717. The second kappa shape index (κ2) is 5.97. The van der Waals surface area contributed by atoms with Gasteiger partial charge < -0.3 is 20.8 Å². The van der Waals surface area contributed by atoms with Crippen LogP contribution in [0.15, 0.2) is 35.7 Å². The van der Waals surface area contributed by atoms with Crippen LogP contribution < -0.4 is 16.2 Å². The predicted octanol–water partition coefficient (Wildman–Crippen LogP) is 3.15. The molecule has 1 aliphatic heterocycles. The molecular weight excluding hydrogens is 348 g/mol. The topological polar surface area (TPSA) is 116 Å². The predicted molar refractivity (Wildman–Crippen MR) is 99.9 cm³/mol. The van der Waals surface area contributed by atoms with E-state index in [0.717, 1.165) is 22.0 Å². The molecule has 0 spiro atoms. The first-order chi connectivity index (χ1) is 12.5. The zero-order chi connectivity index (χ0) is 18.4. The fourth-order valence-electron chi connectivity index (χ4n) is 3.03. The van der Waals surface area contributed by atoms with Gasteiger partial charge >= 0.3 is 0 Å². The third-order valence-corrected chi connectivity index (χ3v) is 5.70. The highest BCUT2D eigenvalue weighted by Gasteiger charge is 2.34. The van der Waals surface area contributed by atoms with E-state index in [0.29, 0.717) is 17.1 Å². The van der Waals surface area contributed by atoms with Gasteiger partial charge in [0.2, 0.25) is 5.88 Å². The minimum atomic E-state index is -0.213. The Morgan fingerprint density at radius 1 is 1.35 bits per heavy atom. The molecule has 1 atom stereocenters. The minimum Gasteiger partial charge on any atom is -0.438 e. The van der Waals surface area contributed by atoms with Crippen LogP contribution >= 0.6 is 11.8 Å².